The predicted molar refractivity (Wildman–Crippen MR) is 79.9 cm³/mol. The van der Waals surface area contributed by atoms with Crippen molar-refractivity contribution in [2.75, 3.05) is 31.9 Å². The first kappa shape index (κ1) is 14.2. The van der Waals surface area contributed by atoms with E-state index in [1.807, 2.05) is 6.20 Å². The summed E-state index contributed by atoms with van der Waals surface area (Å²) in [7, 11) is -3.03. The summed E-state index contributed by atoms with van der Waals surface area (Å²) in [5.41, 5.74) is 5.64. The smallest absolute Gasteiger partial charge is 0.217 e. The molecule has 2 fully saturated rings. The molecule has 1 saturated heterocycles. The Kier molecular flexibility index (Phi) is 3.98. The second-order valence-corrected chi connectivity index (χ2v) is 8.80. The topological polar surface area (TPSA) is 79.5 Å². The zero-order chi connectivity index (χ0) is 14.2. The minimum atomic E-state index is -3.03. The Morgan fingerprint density at radius 1 is 1.30 bits per heavy atom. The fourth-order valence-corrected chi connectivity index (χ4v) is 5.15. The molecule has 0 bridgehead atoms. The molecule has 8 heteroatoms. The van der Waals surface area contributed by atoms with Crippen LogP contribution in [0.3, 0.4) is 0 Å². The van der Waals surface area contributed by atoms with Crippen LogP contribution >= 0.6 is 11.3 Å². The Bertz CT molecular complexity index is 568. The third kappa shape index (κ3) is 3.13. The Morgan fingerprint density at radius 2 is 2.10 bits per heavy atom. The first-order chi connectivity index (χ1) is 9.55. The van der Waals surface area contributed by atoms with E-state index in [-0.39, 0.29) is 5.25 Å². The molecule has 0 radical (unpaired) electrons. The quantitative estimate of drug-likeness (QED) is 0.885. The number of nitrogens with zero attached hydrogens (tertiary/aromatic N) is 3. The third-order valence-electron chi connectivity index (χ3n) is 3.80. The molecule has 1 aromatic rings. The van der Waals surface area contributed by atoms with Crippen LogP contribution in [0.4, 0.5) is 5.13 Å². The molecule has 112 valence electrons. The lowest BCUT2D eigenvalue weighted by Gasteiger charge is -2.21. The van der Waals surface area contributed by atoms with Gasteiger partial charge in [0.15, 0.2) is 5.13 Å². The number of thiazole rings is 1. The maximum absolute atomic E-state index is 12.3. The standard InChI is InChI=1S/C12H20N4O2S2/c13-12-14-8-10(19-12)9-15-4-1-5-16(7-6-15)20(17,18)11-2-3-11/h8,11H,1-7,9H2,(H2,13,14). The number of hydrogen-bond acceptors (Lipinski definition) is 6. The summed E-state index contributed by atoms with van der Waals surface area (Å²) in [4.78, 5) is 7.48. The van der Waals surface area contributed by atoms with Crippen LogP contribution < -0.4 is 5.73 Å². The molecular formula is C12H20N4O2S2. The van der Waals surface area contributed by atoms with Gasteiger partial charge in [-0.1, -0.05) is 0 Å². The van der Waals surface area contributed by atoms with Crippen LogP contribution in [0.2, 0.25) is 0 Å². The molecule has 0 atom stereocenters. The van der Waals surface area contributed by atoms with Crippen LogP contribution in [0, 0.1) is 0 Å². The highest BCUT2D eigenvalue weighted by molar-refractivity contribution is 7.90. The summed E-state index contributed by atoms with van der Waals surface area (Å²) < 4.78 is 26.2. The van der Waals surface area contributed by atoms with Crippen LogP contribution in [0.1, 0.15) is 24.1 Å². The zero-order valence-electron chi connectivity index (χ0n) is 11.4. The second-order valence-electron chi connectivity index (χ2n) is 5.44. The molecule has 1 aliphatic heterocycles. The van der Waals surface area contributed by atoms with Gasteiger partial charge in [-0.15, -0.1) is 11.3 Å². The number of aromatic nitrogens is 1. The maximum atomic E-state index is 12.3. The van der Waals surface area contributed by atoms with E-state index in [4.69, 9.17) is 5.73 Å². The summed E-state index contributed by atoms with van der Waals surface area (Å²) >= 11 is 1.50. The number of anilines is 1. The highest BCUT2D eigenvalue weighted by Gasteiger charge is 2.40. The van der Waals surface area contributed by atoms with Gasteiger partial charge in [-0.3, -0.25) is 4.90 Å². The lowest BCUT2D eigenvalue weighted by molar-refractivity contribution is 0.281. The fraction of sp³-hybridized carbons (Fsp3) is 0.750. The molecule has 2 heterocycles. The van der Waals surface area contributed by atoms with E-state index in [2.05, 4.69) is 9.88 Å². The summed E-state index contributed by atoms with van der Waals surface area (Å²) in [6.07, 6.45) is 4.37. The molecule has 6 nitrogen and oxygen atoms in total. The number of hydrogen-bond donors (Lipinski definition) is 1. The van der Waals surface area contributed by atoms with Gasteiger partial charge in [0, 0.05) is 37.3 Å². The van der Waals surface area contributed by atoms with Gasteiger partial charge < -0.3 is 5.73 Å². The lowest BCUT2D eigenvalue weighted by Crippen LogP contribution is -2.37. The first-order valence-electron chi connectivity index (χ1n) is 6.97. The van der Waals surface area contributed by atoms with Crippen molar-refractivity contribution >= 4 is 26.5 Å². The first-order valence-corrected chi connectivity index (χ1v) is 9.29. The molecule has 20 heavy (non-hydrogen) atoms. The van der Waals surface area contributed by atoms with Crippen molar-refractivity contribution < 1.29 is 8.42 Å². The van der Waals surface area contributed by atoms with E-state index >= 15 is 0 Å². The van der Waals surface area contributed by atoms with Crippen molar-refractivity contribution in [3.8, 4) is 0 Å². The number of rotatable bonds is 4. The van der Waals surface area contributed by atoms with Crippen LogP contribution in [-0.4, -0.2) is 54.0 Å². The summed E-state index contributed by atoms with van der Waals surface area (Å²) in [6, 6.07) is 0. The van der Waals surface area contributed by atoms with Gasteiger partial charge in [-0.25, -0.2) is 17.7 Å². The van der Waals surface area contributed by atoms with Gasteiger partial charge in [0.05, 0.1) is 5.25 Å². The molecule has 1 aliphatic carbocycles. The Balaban J connectivity index is 1.59. The van der Waals surface area contributed by atoms with Crippen molar-refractivity contribution in [3.05, 3.63) is 11.1 Å². The average Bonchev–Trinajstić information content (AvgIpc) is 3.19. The molecular weight excluding hydrogens is 296 g/mol. The SMILES string of the molecule is Nc1ncc(CN2CCCN(S(=O)(=O)C3CC3)CC2)s1. The molecule has 0 unspecified atom stereocenters. The molecule has 0 spiro atoms. The highest BCUT2D eigenvalue weighted by Crippen LogP contribution is 2.31. The average molecular weight is 316 g/mol. The van der Waals surface area contributed by atoms with Gasteiger partial charge in [-0.2, -0.15) is 0 Å². The number of nitrogen functional groups attached to an aromatic ring is 1. The van der Waals surface area contributed by atoms with E-state index in [1.54, 1.807) is 4.31 Å². The largest absolute Gasteiger partial charge is 0.375 e. The van der Waals surface area contributed by atoms with E-state index in [0.717, 1.165) is 43.8 Å². The maximum Gasteiger partial charge on any atom is 0.217 e. The Morgan fingerprint density at radius 3 is 2.75 bits per heavy atom. The van der Waals surface area contributed by atoms with Gasteiger partial charge in [0.2, 0.25) is 10.0 Å². The normalized spacial score (nSPS) is 22.8. The monoisotopic (exact) mass is 316 g/mol. The van der Waals surface area contributed by atoms with Crippen molar-refractivity contribution in [2.45, 2.75) is 31.1 Å². The van der Waals surface area contributed by atoms with E-state index < -0.39 is 10.0 Å². The van der Waals surface area contributed by atoms with Crippen LogP contribution in [-0.2, 0) is 16.6 Å². The molecule has 2 N–H and O–H groups in total. The van der Waals surface area contributed by atoms with Crippen LogP contribution in [0.15, 0.2) is 6.20 Å². The molecule has 2 aliphatic rings. The zero-order valence-corrected chi connectivity index (χ0v) is 13.0. The Labute approximate surface area is 123 Å². The Hall–Kier alpha value is -0.700. The van der Waals surface area contributed by atoms with Crippen LogP contribution in [0.25, 0.3) is 0 Å². The van der Waals surface area contributed by atoms with Gasteiger partial charge >= 0.3 is 0 Å². The molecule has 1 aromatic heterocycles. The van der Waals surface area contributed by atoms with Crippen molar-refractivity contribution in [1.82, 2.24) is 14.2 Å². The molecule has 1 saturated carbocycles. The number of sulfonamides is 1. The summed E-state index contributed by atoms with van der Waals surface area (Å²) in [6.45, 7) is 3.78. The lowest BCUT2D eigenvalue weighted by atomic mass is 10.4. The summed E-state index contributed by atoms with van der Waals surface area (Å²) in [5.74, 6) is 0. The van der Waals surface area contributed by atoms with Gasteiger partial charge in [0.25, 0.3) is 0 Å². The van der Waals surface area contributed by atoms with Crippen molar-refractivity contribution in [2.24, 2.45) is 0 Å². The predicted octanol–water partition coefficient (Wildman–Crippen LogP) is 0.725. The van der Waals surface area contributed by atoms with Crippen molar-refractivity contribution in [1.29, 1.82) is 0 Å². The number of nitrogens with two attached hydrogens (primary N) is 1. The minimum Gasteiger partial charge on any atom is -0.375 e. The van der Waals surface area contributed by atoms with Gasteiger partial charge in [0.1, 0.15) is 0 Å². The summed E-state index contributed by atoms with van der Waals surface area (Å²) in [5, 5.41) is 0.489. The van der Waals surface area contributed by atoms with E-state index in [1.165, 1.54) is 11.3 Å². The van der Waals surface area contributed by atoms with E-state index in [9.17, 15) is 8.42 Å². The van der Waals surface area contributed by atoms with Gasteiger partial charge in [-0.05, 0) is 25.8 Å². The minimum absolute atomic E-state index is 0.102. The highest BCUT2D eigenvalue weighted by atomic mass is 32.2. The fourth-order valence-electron chi connectivity index (χ4n) is 2.55. The molecule has 0 amide bonds. The third-order valence-corrected chi connectivity index (χ3v) is 7.01. The second kappa shape index (κ2) is 5.59. The van der Waals surface area contributed by atoms with E-state index in [0.29, 0.717) is 18.2 Å². The molecule has 0 aromatic carbocycles. The molecule has 3 rings (SSSR count). The van der Waals surface area contributed by atoms with Crippen LogP contribution in [0.5, 0.6) is 0 Å². The van der Waals surface area contributed by atoms with Crippen molar-refractivity contribution in [3.63, 3.8) is 0 Å².